The lowest BCUT2D eigenvalue weighted by atomic mass is 9.66. The summed E-state index contributed by atoms with van der Waals surface area (Å²) in [6.07, 6.45) is 35.5. The van der Waals surface area contributed by atoms with Gasteiger partial charge in [-0.05, 0) is 50.4 Å². The number of hydrogen-bond donors (Lipinski definition) is 0. The average molecular weight is 387 g/mol. The number of rotatable bonds is 9. The summed E-state index contributed by atoms with van der Waals surface area (Å²) in [7, 11) is 0. The van der Waals surface area contributed by atoms with Crippen LogP contribution in [0.2, 0.25) is 0 Å². The molecular formula is C27H48N+. The molecule has 0 aromatic carbocycles. The van der Waals surface area contributed by atoms with Gasteiger partial charge in [0.05, 0.1) is 0 Å². The molecule has 0 aromatic rings. The Balaban J connectivity index is 2.05. The minimum Gasteiger partial charge on any atom is -0.237 e. The molecule has 1 atom stereocenters. The zero-order valence-corrected chi connectivity index (χ0v) is 19.1. The summed E-state index contributed by atoms with van der Waals surface area (Å²) in [5.74, 6) is 0. The highest BCUT2D eigenvalue weighted by atomic mass is 15.0. The molecule has 0 aromatic heterocycles. The van der Waals surface area contributed by atoms with Crippen molar-refractivity contribution >= 4 is 6.21 Å². The fourth-order valence-electron chi connectivity index (χ4n) is 5.43. The van der Waals surface area contributed by atoms with Gasteiger partial charge >= 0.3 is 0 Å². The topological polar surface area (TPSA) is 3.01 Å². The van der Waals surface area contributed by atoms with E-state index in [1.54, 1.807) is 0 Å². The highest BCUT2D eigenvalue weighted by molar-refractivity contribution is 5.51. The molecule has 0 spiro atoms. The SMILES string of the molecule is CCCCCC1(CCCCC)CCCC([N+]2=CCCC=CCCC=CCC2)C1. The molecular weight excluding hydrogens is 338 g/mol. The third kappa shape index (κ3) is 8.66. The molecule has 1 heteroatoms. The Labute approximate surface area is 176 Å². The Morgan fingerprint density at radius 3 is 2.04 bits per heavy atom. The Hall–Kier alpha value is -0.850. The molecule has 1 saturated carbocycles. The molecule has 1 fully saturated rings. The van der Waals surface area contributed by atoms with Crippen molar-refractivity contribution in [2.24, 2.45) is 5.41 Å². The van der Waals surface area contributed by atoms with Crippen LogP contribution in [0, 0.1) is 5.41 Å². The molecule has 0 saturated heterocycles. The summed E-state index contributed by atoms with van der Waals surface area (Å²) in [6.45, 7) is 5.92. The summed E-state index contributed by atoms with van der Waals surface area (Å²) in [4.78, 5) is 0. The second-order valence-corrected chi connectivity index (χ2v) is 9.47. The molecule has 1 unspecified atom stereocenters. The maximum Gasteiger partial charge on any atom is 0.152 e. The molecule has 0 bridgehead atoms. The summed E-state index contributed by atoms with van der Waals surface area (Å²) >= 11 is 0. The third-order valence-corrected chi connectivity index (χ3v) is 7.09. The van der Waals surface area contributed by atoms with Crippen LogP contribution in [-0.4, -0.2) is 23.4 Å². The Kier molecular flexibility index (Phi) is 11.9. The first-order valence-electron chi connectivity index (χ1n) is 12.7. The summed E-state index contributed by atoms with van der Waals surface area (Å²) in [5.41, 5.74) is 0.639. The molecule has 0 N–H and O–H groups in total. The van der Waals surface area contributed by atoms with Crippen LogP contribution in [0.4, 0.5) is 0 Å². The molecule has 2 rings (SSSR count). The highest BCUT2D eigenvalue weighted by Crippen LogP contribution is 2.45. The summed E-state index contributed by atoms with van der Waals surface area (Å²) in [6, 6.07) is 0.789. The van der Waals surface area contributed by atoms with Gasteiger partial charge in [0.25, 0.3) is 0 Å². The lowest BCUT2D eigenvalue weighted by molar-refractivity contribution is -0.569. The van der Waals surface area contributed by atoms with Gasteiger partial charge in [-0.15, -0.1) is 0 Å². The van der Waals surface area contributed by atoms with E-state index < -0.39 is 0 Å². The van der Waals surface area contributed by atoms with Crippen molar-refractivity contribution in [3.63, 3.8) is 0 Å². The monoisotopic (exact) mass is 386 g/mol. The molecule has 0 radical (unpaired) electrons. The van der Waals surface area contributed by atoms with Crippen molar-refractivity contribution in [1.82, 2.24) is 0 Å². The van der Waals surface area contributed by atoms with Crippen molar-refractivity contribution in [2.45, 2.75) is 129 Å². The fourth-order valence-corrected chi connectivity index (χ4v) is 5.43. The van der Waals surface area contributed by atoms with E-state index in [1.165, 1.54) is 116 Å². The van der Waals surface area contributed by atoms with E-state index in [-0.39, 0.29) is 0 Å². The van der Waals surface area contributed by atoms with Gasteiger partial charge in [-0.3, -0.25) is 0 Å². The van der Waals surface area contributed by atoms with Crippen LogP contribution >= 0.6 is 0 Å². The van der Waals surface area contributed by atoms with E-state index >= 15 is 0 Å². The minimum absolute atomic E-state index is 0.639. The number of hydrogen-bond acceptors (Lipinski definition) is 0. The first-order valence-corrected chi connectivity index (χ1v) is 12.7. The van der Waals surface area contributed by atoms with Crippen molar-refractivity contribution in [2.75, 3.05) is 6.54 Å². The zero-order valence-electron chi connectivity index (χ0n) is 19.1. The molecule has 1 aliphatic heterocycles. The van der Waals surface area contributed by atoms with Crippen molar-refractivity contribution < 1.29 is 4.58 Å². The van der Waals surface area contributed by atoms with Gasteiger partial charge in [0.2, 0.25) is 0 Å². The highest BCUT2D eigenvalue weighted by Gasteiger charge is 2.39. The van der Waals surface area contributed by atoms with Gasteiger partial charge in [-0.25, -0.2) is 4.58 Å². The van der Waals surface area contributed by atoms with E-state index in [1.807, 2.05) is 0 Å². The van der Waals surface area contributed by atoms with Gasteiger partial charge in [0.1, 0.15) is 12.8 Å². The largest absolute Gasteiger partial charge is 0.237 e. The van der Waals surface area contributed by atoms with Crippen LogP contribution in [0.1, 0.15) is 123 Å². The Bertz CT molecular complexity index is 474. The van der Waals surface area contributed by atoms with Crippen LogP contribution < -0.4 is 0 Å². The molecule has 1 aliphatic carbocycles. The van der Waals surface area contributed by atoms with Crippen molar-refractivity contribution in [3.8, 4) is 0 Å². The number of unbranched alkanes of at least 4 members (excludes halogenated alkanes) is 4. The second-order valence-electron chi connectivity index (χ2n) is 9.47. The predicted octanol–water partition coefficient (Wildman–Crippen LogP) is 8.24. The van der Waals surface area contributed by atoms with E-state index in [2.05, 4.69) is 48.9 Å². The first kappa shape index (κ1) is 23.4. The Morgan fingerprint density at radius 1 is 0.786 bits per heavy atom. The van der Waals surface area contributed by atoms with Gasteiger partial charge in [0.15, 0.2) is 6.04 Å². The van der Waals surface area contributed by atoms with Gasteiger partial charge in [0, 0.05) is 25.7 Å². The predicted molar refractivity (Wildman–Crippen MR) is 126 cm³/mol. The van der Waals surface area contributed by atoms with E-state index in [0.29, 0.717) is 5.41 Å². The lowest BCUT2D eigenvalue weighted by Crippen LogP contribution is -2.39. The smallest absolute Gasteiger partial charge is 0.152 e. The molecule has 1 heterocycles. The van der Waals surface area contributed by atoms with E-state index in [4.69, 9.17) is 0 Å². The molecule has 0 amide bonds. The van der Waals surface area contributed by atoms with Crippen LogP contribution in [0.5, 0.6) is 0 Å². The van der Waals surface area contributed by atoms with Gasteiger partial charge in [-0.1, -0.05) is 76.7 Å². The van der Waals surface area contributed by atoms with Gasteiger partial charge < -0.3 is 0 Å². The van der Waals surface area contributed by atoms with Gasteiger partial charge in [-0.2, -0.15) is 0 Å². The third-order valence-electron chi connectivity index (χ3n) is 7.09. The maximum absolute atomic E-state index is 2.77. The average Bonchev–Trinajstić information content (AvgIpc) is 2.69. The summed E-state index contributed by atoms with van der Waals surface area (Å²) in [5, 5.41) is 0. The van der Waals surface area contributed by atoms with Crippen LogP contribution in [0.25, 0.3) is 0 Å². The summed E-state index contributed by atoms with van der Waals surface area (Å²) < 4.78 is 2.77. The maximum atomic E-state index is 2.77. The number of nitrogens with zero attached hydrogens (tertiary/aromatic N) is 1. The van der Waals surface area contributed by atoms with Crippen LogP contribution in [0.15, 0.2) is 24.3 Å². The van der Waals surface area contributed by atoms with Crippen LogP contribution in [-0.2, 0) is 0 Å². The molecule has 160 valence electrons. The Morgan fingerprint density at radius 2 is 1.39 bits per heavy atom. The molecule has 28 heavy (non-hydrogen) atoms. The van der Waals surface area contributed by atoms with Crippen LogP contribution in [0.3, 0.4) is 0 Å². The quantitative estimate of drug-likeness (QED) is 0.213. The second kappa shape index (κ2) is 14.2. The molecule has 1 nitrogen and oxygen atoms in total. The van der Waals surface area contributed by atoms with Crippen molar-refractivity contribution in [3.05, 3.63) is 24.3 Å². The number of allylic oxidation sites excluding steroid dienone is 3. The van der Waals surface area contributed by atoms with Crippen molar-refractivity contribution in [1.29, 1.82) is 0 Å². The minimum atomic E-state index is 0.639. The molecule has 2 aliphatic rings. The van der Waals surface area contributed by atoms with E-state index in [9.17, 15) is 0 Å². The first-order chi connectivity index (χ1) is 13.8. The van der Waals surface area contributed by atoms with E-state index in [0.717, 1.165) is 6.04 Å². The zero-order chi connectivity index (χ0) is 19.9. The lowest BCUT2D eigenvalue weighted by Gasteiger charge is -2.40. The fraction of sp³-hybridized carbons (Fsp3) is 0.815. The normalized spacial score (nSPS) is 23.6. The standard InChI is InChI=1S/C27H48N/c1-3-5-14-20-27(21-15-6-4-2)22-18-19-26(25-27)28-23-16-12-10-8-7-9-11-13-17-24-28/h8,10-11,13,23,26H,3-7,9,12,14-22,24-25H2,1-2H3/q+1.